The van der Waals surface area contributed by atoms with Gasteiger partial charge in [0, 0.05) is 40.8 Å². The molecule has 0 aliphatic heterocycles. The van der Waals surface area contributed by atoms with Gasteiger partial charge in [0.25, 0.3) is 11.6 Å². The van der Waals surface area contributed by atoms with E-state index >= 15 is 0 Å². The fraction of sp³-hybridized carbons (Fsp3) is 0.311. The molecule has 0 atom stereocenters. The zero-order valence-electron chi connectivity index (χ0n) is 33.8. The quantitative estimate of drug-likeness (QED) is 0.0305. The summed E-state index contributed by atoms with van der Waals surface area (Å²) in [5.74, 6) is -0.0217. The Bertz CT molecular complexity index is 2390. The van der Waals surface area contributed by atoms with Gasteiger partial charge in [0.1, 0.15) is 17.2 Å². The Balaban J connectivity index is 1.26. The number of hydrogen-bond acceptors (Lipinski definition) is 11. The smallest absolute Gasteiger partial charge is 0.419 e. The first-order valence-corrected chi connectivity index (χ1v) is 21.2. The number of nitrogens with one attached hydrogen (secondary N) is 1. The van der Waals surface area contributed by atoms with E-state index in [4.69, 9.17) is 9.47 Å². The Kier molecular flexibility index (Phi) is 15.4. The molecule has 60 heavy (non-hydrogen) atoms. The van der Waals surface area contributed by atoms with Crippen molar-refractivity contribution >= 4 is 51.6 Å². The van der Waals surface area contributed by atoms with Gasteiger partial charge in [-0.25, -0.2) is 4.79 Å². The number of methoxy groups -OCH3 is 1. The Labute approximate surface area is 353 Å². The van der Waals surface area contributed by atoms with Crippen LogP contribution in [0.5, 0.6) is 17.2 Å². The summed E-state index contributed by atoms with van der Waals surface area (Å²) in [4.78, 5) is 40.7. The highest BCUT2D eigenvalue weighted by Crippen LogP contribution is 2.37. The minimum Gasteiger partial charge on any atom is -0.506 e. The molecule has 14 nitrogen and oxygen atoms in total. The number of carbonyl (C=O) groups excluding carboxylic acids is 2. The minimum absolute atomic E-state index is 0.0423. The van der Waals surface area contributed by atoms with Crippen LogP contribution in [0.15, 0.2) is 108 Å². The zero-order valence-corrected chi connectivity index (χ0v) is 34.6. The van der Waals surface area contributed by atoms with Crippen LogP contribution in [0.2, 0.25) is 0 Å². The summed E-state index contributed by atoms with van der Waals surface area (Å²) in [6.45, 7) is 2.51. The van der Waals surface area contributed by atoms with Gasteiger partial charge in [-0.1, -0.05) is 125 Å². The van der Waals surface area contributed by atoms with Crippen LogP contribution in [0.25, 0.3) is 16.5 Å². The molecule has 0 unspecified atom stereocenters. The van der Waals surface area contributed by atoms with Crippen molar-refractivity contribution < 1.29 is 29.1 Å². The molecule has 1 aromatic heterocycles. The lowest BCUT2D eigenvalue weighted by molar-refractivity contribution is -0.384. The average Bonchev–Trinajstić information content (AvgIpc) is 3.74. The van der Waals surface area contributed by atoms with Crippen LogP contribution in [-0.2, 0) is 5.75 Å². The number of hydrogen-bond donors (Lipinski definition) is 2. The van der Waals surface area contributed by atoms with Gasteiger partial charge in [-0.2, -0.15) is 4.68 Å². The molecule has 0 radical (unpaired) electrons. The van der Waals surface area contributed by atoms with Gasteiger partial charge in [-0.05, 0) is 59.3 Å². The largest absolute Gasteiger partial charge is 0.506 e. The predicted molar refractivity (Wildman–Crippen MR) is 234 cm³/mol. The summed E-state index contributed by atoms with van der Waals surface area (Å²) < 4.78 is 13.0. The summed E-state index contributed by atoms with van der Waals surface area (Å²) in [5, 5.41) is 39.6. The van der Waals surface area contributed by atoms with Gasteiger partial charge in [0.15, 0.2) is 0 Å². The van der Waals surface area contributed by atoms with Gasteiger partial charge in [-0.3, -0.25) is 19.8 Å². The molecule has 1 heterocycles. The molecule has 15 heteroatoms. The van der Waals surface area contributed by atoms with Crippen molar-refractivity contribution in [2.75, 3.05) is 23.9 Å². The Hall–Kier alpha value is -6.48. The number of fused-ring (bicyclic) bond motifs is 1. The van der Waals surface area contributed by atoms with Crippen LogP contribution in [0.4, 0.5) is 21.9 Å². The van der Waals surface area contributed by atoms with Crippen LogP contribution >= 0.6 is 11.8 Å². The molecule has 2 amide bonds. The summed E-state index contributed by atoms with van der Waals surface area (Å²) in [7, 11) is 1.51. The number of benzene rings is 5. The predicted octanol–water partition coefficient (Wildman–Crippen LogP) is 10.9. The van der Waals surface area contributed by atoms with Crippen molar-refractivity contribution in [2.45, 2.75) is 82.0 Å². The molecule has 0 aliphatic rings. The molecule has 2 N–H and O–H groups in total. The van der Waals surface area contributed by atoms with Gasteiger partial charge < -0.3 is 19.9 Å². The highest BCUT2D eigenvalue weighted by atomic mass is 32.2. The molecule has 5 aromatic carbocycles. The van der Waals surface area contributed by atoms with E-state index in [0.717, 1.165) is 24.9 Å². The first-order chi connectivity index (χ1) is 29.3. The summed E-state index contributed by atoms with van der Waals surface area (Å²) >= 11 is 1.24. The highest BCUT2D eigenvalue weighted by molar-refractivity contribution is 7.98. The van der Waals surface area contributed by atoms with E-state index in [2.05, 4.69) is 27.8 Å². The topological polar surface area (TPSA) is 175 Å². The van der Waals surface area contributed by atoms with E-state index in [9.17, 15) is 24.8 Å². The lowest BCUT2D eigenvalue weighted by Gasteiger charge is -2.25. The van der Waals surface area contributed by atoms with Crippen molar-refractivity contribution in [3.8, 4) is 22.9 Å². The number of unbranched alkanes of at least 4 members (excludes halogenated alkanes) is 9. The normalized spacial score (nSPS) is 11.0. The highest BCUT2D eigenvalue weighted by Gasteiger charge is 2.25. The third-order valence-corrected chi connectivity index (χ3v) is 11.1. The van der Waals surface area contributed by atoms with Crippen molar-refractivity contribution in [1.29, 1.82) is 0 Å². The Morgan fingerprint density at radius 1 is 0.833 bits per heavy atom. The number of aromatic hydroxyl groups is 1. The third kappa shape index (κ3) is 11.0. The lowest BCUT2D eigenvalue weighted by Crippen LogP contribution is -2.35. The molecule has 6 rings (SSSR count). The van der Waals surface area contributed by atoms with Gasteiger partial charge in [0.05, 0.1) is 34.7 Å². The second kappa shape index (κ2) is 21.5. The number of nitrogens with zero attached hydrogens (tertiary/aromatic N) is 6. The van der Waals surface area contributed by atoms with Crippen molar-refractivity contribution in [3.63, 3.8) is 0 Å². The fourth-order valence-electron chi connectivity index (χ4n) is 6.93. The van der Waals surface area contributed by atoms with E-state index in [1.807, 2.05) is 30.3 Å². The number of tetrazole rings is 1. The molecule has 0 saturated carbocycles. The molecule has 0 aliphatic carbocycles. The number of nitro groups is 1. The molecule has 0 fully saturated rings. The summed E-state index contributed by atoms with van der Waals surface area (Å²) in [6.07, 6.45) is 10.4. The maximum atomic E-state index is 14.4. The van der Waals surface area contributed by atoms with E-state index in [0.29, 0.717) is 51.6 Å². The summed E-state index contributed by atoms with van der Waals surface area (Å²) in [5.41, 5.74) is 1.93. The molecule has 0 bridgehead atoms. The Morgan fingerprint density at radius 2 is 1.55 bits per heavy atom. The first-order valence-electron chi connectivity index (χ1n) is 20.2. The second-order valence-corrected chi connectivity index (χ2v) is 15.2. The summed E-state index contributed by atoms with van der Waals surface area (Å²) in [6, 6.07) is 28.8. The number of nitro benzene ring substituents is 1. The average molecular weight is 832 g/mol. The minimum atomic E-state index is -0.704. The number of amides is 2. The van der Waals surface area contributed by atoms with Gasteiger partial charge in [0.2, 0.25) is 5.16 Å². The number of para-hydroxylation sites is 3. The number of aromatic nitrogens is 4. The molecule has 0 saturated heterocycles. The SMILES string of the molecule is CCCCCCCCCCCCN(C(=O)Oc1ccc([N+](=O)[O-])cc1CSc1nnnn1-c1ccccc1)c1cccc2c(O)c(C(=O)Nc3ccccc3OC)ccc12. The molecular formula is C45H49N7O7S. The van der Waals surface area contributed by atoms with Crippen LogP contribution < -0.4 is 19.7 Å². The number of phenols is 1. The molecule has 6 aromatic rings. The standard InChI is InChI=1S/C45H49N7O7S/c1-3-4-5-6-7-8-9-10-11-17-29-50(39-23-18-21-36-35(39)26-27-37(42(36)53)43(54)46-38-22-15-16-24-41(38)58-2)45(55)59-40-28-25-34(52(56)57)30-32(40)31-60-44-47-48-49-51(44)33-19-13-12-14-20-33/h12-16,18-28,30,53H,3-11,17,29,31H2,1-2H3,(H,46,54). The third-order valence-electron chi connectivity index (χ3n) is 10.1. The number of ether oxygens (including phenoxy) is 2. The van der Waals surface area contributed by atoms with Crippen LogP contribution in [0, 0.1) is 10.1 Å². The van der Waals surface area contributed by atoms with Crippen molar-refractivity contribution in [3.05, 3.63) is 124 Å². The number of phenolic OH excluding ortho intramolecular Hbond substituents is 1. The maximum Gasteiger partial charge on any atom is 0.419 e. The second-order valence-electron chi connectivity index (χ2n) is 14.2. The van der Waals surface area contributed by atoms with Gasteiger partial charge in [-0.15, -0.1) is 5.10 Å². The molecular weight excluding hydrogens is 783 g/mol. The first kappa shape index (κ1) is 43.1. The number of non-ortho nitro benzene ring substituents is 1. The van der Waals surface area contributed by atoms with Crippen LogP contribution in [0.3, 0.4) is 0 Å². The van der Waals surface area contributed by atoms with Crippen molar-refractivity contribution in [2.24, 2.45) is 0 Å². The van der Waals surface area contributed by atoms with Crippen LogP contribution in [0.1, 0.15) is 87.1 Å². The van der Waals surface area contributed by atoms with Crippen LogP contribution in [-0.4, -0.2) is 55.9 Å². The maximum absolute atomic E-state index is 14.4. The van der Waals surface area contributed by atoms with E-state index in [-0.39, 0.29) is 28.5 Å². The van der Waals surface area contributed by atoms with E-state index in [1.165, 1.54) is 86.6 Å². The zero-order chi connectivity index (χ0) is 42.3. The molecule has 0 spiro atoms. The lowest BCUT2D eigenvalue weighted by atomic mass is 10.0. The number of thioether (sulfide) groups is 1. The monoisotopic (exact) mass is 831 g/mol. The van der Waals surface area contributed by atoms with E-state index in [1.54, 1.807) is 53.2 Å². The Morgan fingerprint density at radius 3 is 2.28 bits per heavy atom. The van der Waals surface area contributed by atoms with Crippen molar-refractivity contribution in [1.82, 2.24) is 20.2 Å². The number of anilines is 2. The number of rotatable bonds is 21. The number of carbonyl (C=O) groups is 2. The van der Waals surface area contributed by atoms with E-state index < -0.39 is 16.9 Å². The molecule has 312 valence electrons. The fourth-order valence-corrected chi connectivity index (χ4v) is 7.80. The van der Waals surface area contributed by atoms with Gasteiger partial charge >= 0.3 is 6.09 Å².